The molecule has 0 saturated heterocycles. The van der Waals surface area contributed by atoms with Crippen LogP contribution in [0.15, 0.2) is 34.5 Å². The van der Waals surface area contributed by atoms with Gasteiger partial charge in [0.25, 0.3) is 0 Å². The van der Waals surface area contributed by atoms with Gasteiger partial charge >= 0.3 is 0 Å². The number of carbonyl (C=O) groups excluding carboxylic acids is 2. The van der Waals surface area contributed by atoms with Gasteiger partial charge in [-0.1, -0.05) is 24.3 Å². The molecule has 26 heavy (non-hydrogen) atoms. The van der Waals surface area contributed by atoms with E-state index in [1.54, 1.807) is 0 Å². The summed E-state index contributed by atoms with van der Waals surface area (Å²) in [5.41, 5.74) is 5.13. The third kappa shape index (κ3) is 8.74. The molecule has 2 unspecified atom stereocenters. The van der Waals surface area contributed by atoms with Crippen LogP contribution in [0.1, 0.15) is 64.2 Å². The molecule has 0 aromatic carbocycles. The van der Waals surface area contributed by atoms with Gasteiger partial charge in [0.1, 0.15) is 0 Å². The maximum Gasteiger partial charge on any atom is 0.240 e. The second kappa shape index (κ2) is 12.2. The molecular formula is C20H30N4O2. The molecule has 2 N–H and O–H groups in total. The van der Waals surface area contributed by atoms with E-state index < -0.39 is 0 Å². The normalized spacial score (nSPS) is 22.8. The van der Waals surface area contributed by atoms with E-state index in [2.05, 4.69) is 45.4 Å². The molecule has 2 atom stereocenters. The average Bonchev–Trinajstić information content (AvgIpc) is 2.67. The van der Waals surface area contributed by atoms with Crippen LogP contribution in [-0.2, 0) is 9.59 Å². The van der Waals surface area contributed by atoms with E-state index in [1.165, 1.54) is 0 Å². The summed E-state index contributed by atoms with van der Waals surface area (Å²) in [5.74, 6) is 0.649. The van der Waals surface area contributed by atoms with Crippen molar-refractivity contribution < 1.29 is 9.59 Å². The van der Waals surface area contributed by atoms with E-state index in [-0.39, 0.29) is 11.8 Å². The van der Waals surface area contributed by atoms with Gasteiger partial charge in [0.15, 0.2) is 0 Å². The number of allylic oxidation sites excluding steroid dienone is 4. The zero-order chi connectivity index (χ0) is 18.5. The van der Waals surface area contributed by atoms with Gasteiger partial charge in [0.2, 0.25) is 11.8 Å². The molecule has 2 aliphatic carbocycles. The SMILES string of the molecule is O=C(CCCCC(=O)NN=CC1CC=CCC1)NN=CC1CC=CCC1. The Balaban J connectivity index is 1.48. The van der Waals surface area contributed by atoms with Gasteiger partial charge < -0.3 is 0 Å². The topological polar surface area (TPSA) is 82.9 Å². The highest BCUT2D eigenvalue weighted by Gasteiger charge is 2.08. The fourth-order valence-corrected chi connectivity index (χ4v) is 3.02. The van der Waals surface area contributed by atoms with E-state index >= 15 is 0 Å². The maximum absolute atomic E-state index is 11.7. The van der Waals surface area contributed by atoms with Crippen LogP contribution in [0.5, 0.6) is 0 Å². The summed E-state index contributed by atoms with van der Waals surface area (Å²) >= 11 is 0. The molecule has 0 bridgehead atoms. The first-order chi connectivity index (χ1) is 12.7. The quantitative estimate of drug-likeness (QED) is 0.286. The number of unbranched alkanes of at least 4 members (excludes halogenated alkanes) is 1. The number of carbonyl (C=O) groups is 2. The molecule has 142 valence electrons. The van der Waals surface area contributed by atoms with Gasteiger partial charge in [0.05, 0.1) is 0 Å². The fraction of sp³-hybridized carbons (Fsp3) is 0.600. The third-order valence-corrected chi connectivity index (χ3v) is 4.63. The standard InChI is InChI=1S/C20H30N4O2/c25-19(23-21-15-17-9-3-1-4-10-17)13-7-8-14-20(26)24-22-16-18-11-5-2-6-12-18/h1-3,5,15-18H,4,6-14H2,(H,23,25)(H,24,26). The first-order valence-electron chi connectivity index (χ1n) is 9.68. The summed E-state index contributed by atoms with van der Waals surface area (Å²) < 4.78 is 0. The van der Waals surface area contributed by atoms with Crippen molar-refractivity contribution >= 4 is 24.2 Å². The molecule has 2 amide bonds. The summed E-state index contributed by atoms with van der Waals surface area (Å²) in [7, 11) is 0. The molecule has 0 aromatic rings. The minimum Gasteiger partial charge on any atom is -0.273 e. The van der Waals surface area contributed by atoms with Crippen molar-refractivity contribution in [3.8, 4) is 0 Å². The van der Waals surface area contributed by atoms with Crippen molar-refractivity contribution in [1.29, 1.82) is 0 Å². The largest absolute Gasteiger partial charge is 0.273 e. The summed E-state index contributed by atoms with van der Waals surface area (Å²) in [4.78, 5) is 23.4. The molecule has 6 heteroatoms. The highest BCUT2D eigenvalue weighted by atomic mass is 16.2. The molecular weight excluding hydrogens is 328 g/mol. The number of hydrazone groups is 2. The minimum atomic E-state index is -0.101. The van der Waals surface area contributed by atoms with Crippen LogP contribution in [0.25, 0.3) is 0 Å². The Morgan fingerprint density at radius 1 is 0.808 bits per heavy atom. The van der Waals surface area contributed by atoms with Crippen LogP contribution >= 0.6 is 0 Å². The van der Waals surface area contributed by atoms with Gasteiger partial charge in [-0.2, -0.15) is 10.2 Å². The van der Waals surface area contributed by atoms with Gasteiger partial charge in [-0.25, -0.2) is 10.9 Å². The van der Waals surface area contributed by atoms with Gasteiger partial charge in [-0.15, -0.1) is 0 Å². The predicted molar refractivity (Wildman–Crippen MR) is 105 cm³/mol. The monoisotopic (exact) mass is 358 g/mol. The molecule has 6 nitrogen and oxygen atoms in total. The smallest absolute Gasteiger partial charge is 0.240 e. The Hall–Kier alpha value is -2.24. The van der Waals surface area contributed by atoms with E-state index in [0.717, 1.165) is 38.5 Å². The summed E-state index contributed by atoms with van der Waals surface area (Å²) in [5, 5.41) is 8.06. The molecule has 2 aliphatic rings. The Bertz CT molecular complexity index is 516. The highest BCUT2D eigenvalue weighted by Crippen LogP contribution is 2.16. The number of nitrogens with one attached hydrogen (secondary N) is 2. The number of nitrogens with zero attached hydrogens (tertiary/aromatic N) is 2. The number of amides is 2. The number of hydrogen-bond acceptors (Lipinski definition) is 4. The van der Waals surface area contributed by atoms with Gasteiger partial charge in [-0.3, -0.25) is 9.59 Å². The van der Waals surface area contributed by atoms with Crippen molar-refractivity contribution in [2.75, 3.05) is 0 Å². The van der Waals surface area contributed by atoms with Crippen molar-refractivity contribution in [3.05, 3.63) is 24.3 Å². The number of hydrogen-bond donors (Lipinski definition) is 2. The van der Waals surface area contributed by atoms with E-state index in [9.17, 15) is 9.59 Å². The molecule has 0 spiro atoms. The van der Waals surface area contributed by atoms with Crippen LogP contribution in [0.4, 0.5) is 0 Å². The average molecular weight is 358 g/mol. The third-order valence-electron chi connectivity index (χ3n) is 4.63. The zero-order valence-corrected chi connectivity index (χ0v) is 15.4. The molecule has 0 aromatic heterocycles. The van der Waals surface area contributed by atoms with Crippen LogP contribution in [0, 0.1) is 11.8 Å². The lowest BCUT2D eigenvalue weighted by molar-refractivity contribution is -0.123. The van der Waals surface area contributed by atoms with Gasteiger partial charge in [0, 0.05) is 25.3 Å². The lowest BCUT2D eigenvalue weighted by Gasteiger charge is -2.11. The maximum atomic E-state index is 11.7. The summed E-state index contributed by atoms with van der Waals surface area (Å²) in [6, 6.07) is 0. The summed E-state index contributed by atoms with van der Waals surface area (Å²) in [6.07, 6.45) is 20.7. The minimum absolute atomic E-state index is 0.101. The lowest BCUT2D eigenvalue weighted by atomic mass is 9.96. The predicted octanol–water partition coefficient (Wildman–Crippen LogP) is 3.46. The van der Waals surface area contributed by atoms with Crippen LogP contribution < -0.4 is 10.9 Å². The second-order valence-electron chi connectivity index (χ2n) is 6.92. The molecule has 0 aliphatic heterocycles. The Kier molecular flexibility index (Phi) is 9.40. The van der Waals surface area contributed by atoms with Crippen LogP contribution in [0.2, 0.25) is 0 Å². The van der Waals surface area contributed by atoms with Crippen LogP contribution in [-0.4, -0.2) is 24.2 Å². The van der Waals surface area contributed by atoms with Crippen molar-refractivity contribution in [1.82, 2.24) is 10.9 Å². The molecule has 2 rings (SSSR count). The molecule has 0 saturated carbocycles. The van der Waals surface area contributed by atoms with E-state index in [0.29, 0.717) is 37.5 Å². The van der Waals surface area contributed by atoms with Crippen molar-refractivity contribution in [2.24, 2.45) is 22.0 Å². The first-order valence-corrected chi connectivity index (χ1v) is 9.68. The highest BCUT2D eigenvalue weighted by molar-refractivity contribution is 5.78. The fourth-order valence-electron chi connectivity index (χ4n) is 3.02. The molecule has 0 fully saturated rings. The zero-order valence-electron chi connectivity index (χ0n) is 15.4. The Morgan fingerprint density at radius 3 is 1.65 bits per heavy atom. The number of rotatable bonds is 9. The van der Waals surface area contributed by atoms with E-state index in [1.807, 2.05) is 12.4 Å². The van der Waals surface area contributed by atoms with Crippen LogP contribution in [0.3, 0.4) is 0 Å². The van der Waals surface area contributed by atoms with Crippen molar-refractivity contribution in [2.45, 2.75) is 64.2 Å². The van der Waals surface area contributed by atoms with Crippen molar-refractivity contribution in [3.63, 3.8) is 0 Å². The van der Waals surface area contributed by atoms with Gasteiger partial charge in [-0.05, 0) is 63.2 Å². The molecule has 0 heterocycles. The second-order valence-corrected chi connectivity index (χ2v) is 6.92. The summed E-state index contributed by atoms with van der Waals surface area (Å²) in [6.45, 7) is 0. The first kappa shape index (κ1) is 20.1. The Labute approximate surface area is 155 Å². The lowest BCUT2D eigenvalue weighted by Crippen LogP contribution is -2.20. The molecule has 0 radical (unpaired) electrons. The Morgan fingerprint density at radius 2 is 1.27 bits per heavy atom. The van der Waals surface area contributed by atoms with E-state index in [4.69, 9.17) is 0 Å².